The van der Waals surface area contributed by atoms with Gasteiger partial charge in [0.2, 0.25) is 0 Å². The first-order valence-corrected chi connectivity index (χ1v) is 6.65. The molecule has 0 spiro atoms. The van der Waals surface area contributed by atoms with Crippen LogP contribution in [0, 0.1) is 6.92 Å². The molecule has 0 aliphatic rings. The van der Waals surface area contributed by atoms with Gasteiger partial charge in [-0.1, -0.05) is 18.2 Å². The van der Waals surface area contributed by atoms with Gasteiger partial charge >= 0.3 is 11.8 Å². The summed E-state index contributed by atoms with van der Waals surface area (Å²) in [6.07, 6.45) is 1.55. The lowest BCUT2D eigenvalue weighted by molar-refractivity contribution is -0.133. The highest BCUT2D eigenvalue weighted by atomic mass is 79.9. The molecule has 6 heteroatoms. The van der Waals surface area contributed by atoms with Crippen LogP contribution < -0.4 is 10.6 Å². The third kappa shape index (κ3) is 3.42. The first-order chi connectivity index (χ1) is 9.58. The fourth-order valence-electron chi connectivity index (χ4n) is 1.52. The number of para-hydroxylation sites is 1. The van der Waals surface area contributed by atoms with Gasteiger partial charge in [0, 0.05) is 10.7 Å². The van der Waals surface area contributed by atoms with E-state index < -0.39 is 11.8 Å². The zero-order chi connectivity index (χ0) is 14.5. The zero-order valence-electron chi connectivity index (χ0n) is 10.7. The quantitative estimate of drug-likeness (QED) is 0.830. The van der Waals surface area contributed by atoms with Crippen molar-refractivity contribution in [2.45, 2.75) is 6.92 Å². The molecule has 0 aliphatic heterocycles. The van der Waals surface area contributed by atoms with E-state index >= 15 is 0 Å². The summed E-state index contributed by atoms with van der Waals surface area (Å²) in [6.45, 7) is 1.80. The average Bonchev–Trinajstić information content (AvgIpc) is 2.43. The van der Waals surface area contributed by atoms with Crippen LogP contribution in [-0.2, 0) is 9.59 Å². The number of pyridine rings is 1. The second-order valence-corrected chi connectivity index (χ2v) is 4.91. The molecule has 102 valence electrons. The van der Waals surface area contributed by atoms with Crippen molar-refractivity contribution in [3.63, 3.8) is 0 Å². The van der Waals surface area contributed by atoms with Crippen LogP contribution in [-0.4, -0.2) is 16.8 Å². The van der Waals surface area contributed by atoms with Crippen molar-refractivity contribution in [2.24, 2.45) is 0 Å². The molecule has 0 bridgehead atoms. The number of hydrogen-bond donors (Lipinski definition) is 2. The van der Waals surface area contributed by atoms with Gasteiger partial charge in [0.1, 0.15) is 5.82 Å². The molecule has 0 radical (unpaired) electrons. The molecule has 0 saturated heterocycles. The number of nitrogens with one attached hydrogen (secondary N) is 2. The summed E-state index contributed by atoms with van der Waals surface area (Å²) in [7, 11) is 0. The van der Waals surface area contributed by atoms with Gasteiger partial charge in [-0.2, -0.15) is 0 Å². The molecule has 0 atom stereocenters. The lowest BCUT2D eigenvalue weighted by Crippen LogP contribution is -2.29. The van der Waals surface area contributed by atoms with E-state index in [2.05, 4.69) is 31.5 Å². The van der Waals surface area contributed by atoms with Crippen molar-refractivity contribution in [1.29, 1.82) is 0 Å². The third-order valence-electron chi connectivity index (χ3n) is 2.57. The van der Waals surface area contributed by atoms with Crippen molar-refractivity contribution in [3.8, 4) is 0 Å². The van der Waals surface area contributed by atoms with E-state index in [1.54, 1.807) is 43.5 Å². The number of benzene rings is 1. The molecule has 1 aromatic heterocycles. The smallest absolute Gasteiger partial charge is 0.315 e. The van der Waals surface area contributed by atoms with E-state index in [-0.39, 0.29) is 0 Å². The van der Waals surface area contributed by atoms with Crippen LogP contribution in [0.25, 0.3) is 0 Å². The molecule has 2 N–H and O–H groups in total. The van der Waals surface area contributed by atoms with Gasteiger partial charge in [-0.3, -0.25) is 9.59 Å². The highest BCUT2D eigenvalue weighted by Crippen LogP contribution is 2.21. The van der Waals surface area contributed by atoms with Gasteiger partial charge in [0.15, 0.2) is 0 Å². The Hall–Kier alpha value is -2.21. The van der Waals surface area contributed by atoms with Crippen molar-refractivity contribution >= 4 is 39.2 Å². The summed E-state index contributed by atoms with van der Waals surface area (Å²) in [5.74, 6) is -1.13. The maximum absolute atomic E-state index is 11.8. The summed E-state index contributed by atoms with van der Waals surface area (Å²) in [5.41, 5.74) is 1.32. The Balaban J connectivity index is 2.05. The van der Waals surface area contributed by atoms with Crippen LogP contribution in [0.3, 0.4) is 0 Å². The summed E-state index contributed by atoms with van der Waals surface area (Å²) in [6, 6.07) is 10.6. The Morgan fingerprint density at radius 2 is 1.75 bits per heavy atom. The molecular weight excluding hydrogens is 322 g/mol. The number of nitrogens with zero attached hydrogens (tertiary/aromatic N) is 1. The predicted molar refractivity (Wildman–Crippen MR) is 80.4 cm³/mol. The molecule has 20 heavy (non-hydrogen) atoms. The zero-order valence-corrected chi connectivity index (χ0v) is 12.3. The van der Waals surface area contributed by atoms with Gasteiger partial charge in [-0.15, -0.1) is 0 Å². The second kappa shape index (κ2) is 6.29. The van der Waals surface area contributed by atoms with E-state index in [1.165, 1.54) is 0 Å². The number of rotatable bonds is 2. The van der Waals surface area contributed by atoms with Gasteiger partial charge in [-0.05, 0) is 46.6 Å². The number of anilines is 2. The topological polar surface area (TPSA) is 71.1 Å². The molecule has 0 unspecified atom stereocenters. The molecule has 0 fully saturated rings. The Kier molecular flexibility index (Phi) is 4.47. The first kappa shape index (κ1) is 14.2. The average molecular weight is 334 g/mol. The number of aryl methyl sites for hydroxylation is 1. The molecule has 2 aromatic rings. The SMILES string of the molecule is Cc1cccnc1NC(=O)C(=O)Nc1ccccc1Br. The highest BCUT2D eigenvalue weighted by Gasteiger charge is 2.16. The Morgan fingerprint density at radius 3 is 2.45 bits per heavy atom. The van der Waals surface area contributed by atoms with Crippen molar-refractivity contribution in [1.82, 2.24) is 4.98 Å². The Labute approximate surface area is 124 Å². The Bertz CT molecular complexity index is 601. The van der Waals surface area contributed by atoms with E-state index in [0.717, 1.165) is 5.56 Å². The van der Waals surface area contributed by atoms with E-state index in [0.29, 0.717) is 16.0 Å². The van der Waals surface area contributed by atoms with Gasteiger partial charge in [0.25, 0.3) is 0 Å². The minimum absolute atomic E-state index is 0.375. The molecule has 0 saturated carbocycles. The maximum Gasteiger partial charge on any atom is 0.315 e. The molecular formula is C14H12BrN3O2. The van der Waals surface area contributed by atoms with Crippen LogP contribution in [0.2, 0.25) is 0 Å². The summed E-state index contributed by atoms with van der Waals surface area (Å²) < 4.78 is 0.704. The number of amides is 2. The standard InChI is InChI=1S/C14H12BrN3O2/c1-9-5-4-8-16-12(9)18-14(20)13(19)17-11-7-3-2-6-10(11)15/h2-8H,1H3,(H,17,19)(H,16,18,20). The monoisotopic (exact) mass is 333 g/mol. The molecule has 5 nitrogen and oxygen atoms in total. The van der Waals surface area contributed by atoms with Crippen molar-refractivity contribution in [2.75, 3.05) is 10.6 Å². The van der Waals surface area contributed by atoms with Crippen LogP contribution in [0.4, 0.5) is 11.5 Å². The summed E-state index contributed by atoms with van der Waals surface area (Å²) in [4.78, 5) is 27.6. The Morgan fingerprint density at radius 1 is 1.05 bits per heavy atom. The normalized spacial score (nSPS) is 9.90. The number of aromatic nitrogens is 1. The number of halogens is 1. The van der Waals surface area contributed by atoms with E-state index in [9.17, 15) is 9.59 Å². The number of hydrogen-bond acceptors (Lipinski definition) is 3. The largest absolute Gasteiger partial charge is 0.317 e. The van der Waals surface area contributed by atoms with E-state index in [1.807, 2.05) is 6.07 Å². The molecule has 1 aromatic carbocycles. The molecule has 0 aliphatic carbocycles. The van der Waals surface area contributed by atoms with Crippen molar-refractivity contribution in [3.05, 3.63) is 52.6 Å². The minimum atomic E-state index is -0.762. The number of carbonyl (C=O) groups excluding carboxylic acids is 2. The fourth-order valence-corrected chi connectivity index (χ4v) is 1.91. The molecule has 1 heterocycles. The molecule has 2 amide bonds. The van der Waals surface area contributed by atoms with Crippen molar-refractivity contribution < 1.29 is 9.59 Å². The van der Waals surface area contributed by atoms with E-state index in [4.69, 9.17) is 0 Å². The minimum Gasteiger partial charge on any atom is -0.317 e. The predicted octanol–water partition coefficient (Wildman–Crippen LogP) is 2.73. The van der Waals surface area contributed by atoms with Crippen LogP contribution in [0.15, 0.2) is 47.1 Å². The number of carbonyl (C=O) groups is 2. The van der Waals surface area contributed by atoms with Gasteiger partial charge in [-0.25, -0.2) is 4.98 Å². The summed E-state index contributed by atoms with van der Waals surface area (Å²) in [5, 5.41) is 5.00. The highest BCUT2D eigenvalue weighted by molar-refractivity contribution is 9.10. The molecule has 2 rings (SSSR count). The van der Waals surface area contributed by atoms with Gasteiger partial charge < -0.3 is 10.6 Å². The lowest BCUT2D eigenvalue weighted by atomic mass is 10.3. The van der Waals surface area contributed by atoms with Crippen LogP contribution in [0.5, 0.6) is 0 Å². The third-order valence-corrected chi connectivity index (χ3v) is 3.26. The second-order valence-electron chi connectivity index (χ2n) is 4.06. The maximum atomic E-state index is 11.8. The van der Waals surface area contributed by atoms with Crippen LogP contribution in [0.1, 0.15) is 5.56 Å². The first-order valence-electron chi connectivity index (χ1n) is 5.86. The van der Waals surface area contributed by atoms with Crippen LogP contribution >= 0.6 is 15.9 Å². The lowest BCUT2D eigenvalue weighted by Gasteiger charge is -2.08. The van der Waals surface area contributed by atoms with Gasteiger partial charge in [0.05, 0.1) is 5.69 Å². The summed E-state index contributed by atoms with van der Waals surface area (Å²) >= 11 is 3.29. The fraction of sp³-hybridized carbons (Fsp3) is 0.0714.